The normalized spacial score (nSPS) is 12.8. The number of hydrogen-bond acceptors (Lipinski definition) is 2. The Balaban J connectivity index is 1.58. The molecule has 1 aliphatic heterocycles. The highest BCUT2D eigenvalue weighted by Gasteiger charge is 2.35. The van der Waals surface area contributed by atoms with E-state index in [0.717, 1.165) is 44.8 Å². The van der Waals surface area contributed by atoms with Crippen molar-refractivity contribution in [2.75, 3.05) is 0 Å². The van der Waals surface area contributed by atoms with Gasteiger partial charge in [-0.2, -0.15) is 13.2 Å². The molecule has 5 heteroatoms. The van der Waals surface area contributed by atoms with Crippen LogP contribution in [0.4, 0.5) is 13.2 Å². The maximum atomic E-state index is 14.4. The van der Waals surface area contributed by atoms with Gasteiger partial charge in [-0.1, -0.05) is 87.5 Å². The maximum Gasteiger partial charge on any atom is 0.418 e. The van der Waals surface area contributed by atoms with Gasteiger partial charge in [-0.05, 0) is 68.6 Å². The second-order valence-electron chi connectivity index (χ2n) is 11.6. The van der Waals surface area contributed by atoms with Crippen LogP contribution in [0.3, 0.4) is 0 Å². The Labute approximate surface area is 236 Å². The molecule has 0 atom stereocenters. The predicted octanol–water partition coefficient (Wildman–Crippen LogP) is 10.8. The van der Waals surface area contributed by atoms with Crippen LogP contribution in [0.15, 0.2) is 103 Å². The van der Waals surface area contributed by atoms with Crippen LogP contribution in [0, 0.1) is 0 Å². The molecule has 0 bridgehead atoms. The molecule has 0 fully saturated rings. The molecule has 1 aliphatic rings. The van der Waals surface area contributed by atoms with Gasteiger partial charge in [0.05, 0.1) is 11.3 Å². The lowest BCUT2D eigenvalue weighted by Crippen LogP contribution is -2.12. The number of alkyl halides is 3. The van der Waals surface area contributed by atoms with Crippen molar-refractivity contribution in [1.29, 1.82) is 0 Å². The second-order valence-corrected chi connectivity index (χ2v) is 11.6. The number of ether oxygens (including phenoxy) is 1. The Bertz CT molecular complexity index is 2000. The zero-order valence-electron chi connectivity index (χ0n) is 22.8. The third kappa shape index (κ3) is 4.15. The van der Waals surface area contributed by atoms with Gasteiger partial charge in [0.1, 0.15) is 11.5 Å². The van der Waals surface area contributed by atoms with E-state index in [1.54, 1.807) is 12.1 Å². The first-order valence-corrected chi connectivity index (χ1v) is 13.5. The molecule has 0 N–H and O–H groups in total. The van der Waals surface area contributed by atoms with E-state index in [1.807, 2.05) is 72.8 Å². The van der Waals surface area contributed by atoms with Gasteiger partial charge in [0, 0.05) is 28.3 Å². The summed E-state index contributed by atoms with van der Waals surface area (Å²) in [5, 5.41) is 2.62. The average Bonchev–Trinajstić information content (AvgIpc) is 3.08. The average molecular weight is 546 g/mol. The van der Waals surface area contributed by atoms with Crippen molar-refractivity contribution < 1.29 is 17.9 Å². The second kappa shape index (κ2) is 8.93. The number of rotatable bonds is 1. The fraction of sp³-hybridized carbons (Fsp3) is 0.139. The van der Waals surface area contributed by atoms with Crippen LogP contribution in [0.25, 0.3) is 55.1 Å². The van der Waals surface area contributed by atoms with E-state index in [0.29, 0.717) is 28.1 Å². The third-order valence-corrected chi connectivity index (χ3v) is 7.85. The first-order chi connectivity index (χ1) is 19.6. The van der Waals surface area contributed by atoms with Crippen LogP contribution in [0.1, 0.15) is 31.9 Å². The summed E-state index contributed by atoms with van der Waals surface area (Å²) in [7, 11) is 0. The van der Waals surface area contributed by atoms with E-state index in [1.165, 1.54) is 0 Å². The van der Waals surface area contributed by atoms with E-state index in [2.05, 4.69) is 37.9 Å². The zero-order valence-corrected chi connectivity index (χ0v) is 22.8. The van der Waals surface area contributed by atoms with Gasteiger partial charge >= 0.3 is 6.18 Å². The summed E-state index contributed by atoms with van der Waals surface area (Å²) in [6, 6.07) is 30.9. The molecule has 0 amide bonds. The van der Waals surface area contributed by atoms with E-state index >= 15 is 0 Å². The highest BCUT2D eigenvalue weighted by molar-refractivity contribution is 6.04. The van der Waals surface area contributed by atoms with E-state index in [-0.39, 0.29) is 10.8 Å². The molecule has 7 rings (SSSR count). The summed E-state index contributed by atoms with van der Waals surface area (Å²) in [6.07, 6.45) is -3.61. The van der Waals surface area contributed by atoms with Gasteiger partial charge in [0.2, 0.25) is 0 Å². The lowest BCUT2D eigenvalue weighted by Gasteiger charge is -2.23. The first-order valence-electron chi connectivity index (χ1n) is 13.5. The van der Waals surface area contributed by atoms with Crippen LogP contribution < -0.4 is 4.74 Å². The van der Waals surface area contributed by atoms with Crippen LogP contribution in [0.2, 0.25) is 0 Å². The molecule has 0 saturated heterocycles. The number of hydrogen-bond donors (Lipinski definition) is 0. The number of para-hydroxylation sites is 1. The van der Waals surface area contributed by atoms with Crippen molar-refractivity contribution in [1.82, 2.24) is 4.98 Å². The number of halogens is 3. The quantitative estimate of drug-likeness (QED) is 0.205. The summed E-state index contributed by atoms with van der Waals surface area (Å²) >= 11 is 0. The van der Waals surface area contributed by atoms with Crippen molar-refractivity contribution in [3.63, 3.8) is 0 Å². The molecule has 0 unspecified atom stereocenters. The molecule has 0 radical (unpaired) electrons. The Hall–Kier alpha value is -4.64. The van der Waals surface area contributed by atoms with E-state index < -0.39 is 11.7 Å². The Morgan fingerprint density at radius 3 is 1.98 bits per heavy atom. The molecule has 0 aliphatic carbocycles. The van der Waals surface area contributed by atoms with Gasteiger partial charge in [-0.3, -0.25) is 4.98 Å². The first kappa shape index (κ1) is 25.3. The topological polar surface area (TPSA) is 22.1 Å². The summed E-state index contributed by atoms with van der Waals surface area (Å²) < 4.78 is 49.7. The fourth-order valence-corrected chi connectivity index (χ4v) is 5.93. The smallest absolute Gasteiger partial charge is 0.418 e. The number of benzene rings is 5. The van der Waals surface area contributed by atoms with Gasteiger partial charge in [-0.25, -0.2) is 0 Å². The SMILES string of the molecule is CC(C)(C)c1cc(-c2ncc(C(F)(F)F)c3cc4c(cc23)Oc2ccccc2-c2ccccc2-4)cc2ccccc12. The summed E-state index contributed by atoms with van der Waals surface area (Å²) in [5.41, 5.74) is 4.64. The summed E-state index contributed by atoms with van der Waals surface area (Å²) in [5.74, 6) is 1.15. The molecule has 202 valence electrons. The minimum absolute atomic E-state index is 0.0936. The van der Waals surface area contributed by atoms with Crippen molar-refractivity contribution >= 4 is 21.5 Å². The largest absolute Gasteiger partial charge is 0.456 e. The highest BCUT2D eigenvalue weighted by Crippen LogP contribution is 2.50. The van der Waals surface area contributed by atoms with Crippen LogP contribution >= 0.6 is 0 Å². The summed E-state index contributed by atoms with van der Waals surface area (Å²) in [4.78, 5) is 4.46. The number of fused-ring (bicyclic) bond motifs is 7. The van der Waals surface area contributed by atoms with Crippen molar-refractivity contribution in [2.24, 2.45) is 0 Å². The Morgan fingerprint density at radius 2 is 1.24 bits per heavy atom. The minimum atomic E-state index is -4.58. The molecule has 41 heavy (non-hydrogen) atoms. The minimum Gasteiger partial charge on any atom is -0.456 e. The molecule has 6 aromatic rings. The third-order valence-electron chi connectivity index (χ3n) is 7.85. The summed E-state index contributed by atoms with van der Waals surface area (Å²) in [6.45, 7) is 6.42. The van der Waals surface area contributed by atoms with Crippen LogP contribution in [-0.4, -0.2) is 4.98 Å². The molecule has 1 aromatic heterocycles. The monoisotopic (exact) mass is 545 g/mol. The molecular weight excluding hydrogens is 519 g/mol. The van der Waals surface area contributed by atoms with Crippen molar-refractivity contribution in [2.45, 2.75) is 32.4 Å². The van der Waals surface area contributed by atoms with E-state index in [9.17, 15) is 13.2 Å². The zero-order chi connectivity index (χ0) is 28.5. The molecule has 0 spiro atoms. The molecule has 2 nitrogen and oxygen atoms in total. The Kier molecular flexibility index (Phi) is 5.52. The maximum absolute atomic E-state index is 14.4. The van der Waals surface area contributed by atoms with E-state index in [4.69, 9.17) is 4.74 Å². The number of nitrogens with zero attached hydrogens (tertiary/aromatic N) is 1. The van der Waals surface area contributed by atoms with Gasteiger partial charge in [0.25, 0.3) is 0 Å². The van der Waals surface area contributed by atoms with Crippen LogP contribution in [0.5, 0.6) is 11.5 Å². The van der Waals surface area contributed by atoms with Gasteiger partial charge in [-0.15, -0.1) is 0 Å². The van der Waals surface area contributed by atoms with Gasteiger partial charge in [0.15, 0.2) is 0 Å². The lowest BCUT2D eigenvalue weighted by atomic mass is 9.82. The lowest BCUT2D eigenvalue weighted by molar-refractivity contribution is -0.136. The molecule has 0 saturated carbocycles. The Morgan fingerprint density at radius 1 is 0.585 bits per heavy atom. The van der Waals surface area contributed by atoms with Crippen molar-refractivity contribution in [3.05, 3.63) is 114 Å². The predicted molar refractivity (Wildman–Crippen MR) is 159 cm³/mol. The molecular formula is C36H26F3NO. The fourth-order valence-electron chi connectivity index (χ4n) is 5.93. The number of aromatic nitrogens is 1. The van der Waals surface area contributed by atoms with Crippen molar-refractivity contribution in [3.8, 4) is 45.0 Å². The standard InChI is InChI=1S/C36H26F3NO/c1-35(2,3)30-17-22(16-21-10-4-5-11-23(21)30)34-29-19-33-28(18-27(29)31(20-40-34)36(37,38)39)25-13-7-6-12-24(25)26-14-8-9-15-32(26)41-33/h4-20H,1-3H3. The number of pyridine rings is 1. The van der Waals surface area contributed by atoms with Gasteiger partial charge < -0.3 is 4.74 Å². The molecule has 2 heterocycles. The van der Waals surface area contributed by atoms with Crippen LogP contribution in [-0.2, 0) is 11.6 Å². The highest BCUT2D eigenvalue weighted by atomic mass is 19.4. The molecule has 5 aromatic carbocycles.